The van der Waals surface area contributed by atoms with Crippen LogP contribution in [0.15, 0.2) is 48.4 Å². The second kappa shape index (κ2) is 6.02. The van der Waals surface area contributed by atoms with Crippen LogP contribution in [0.2, 0.25) is 10.0 Å². The second-order valence-electron chi connectivity index (χ2n) is 4.87. The molecule has 1 aliphatic rings. The number of carbonyl (C=O) groups is 2. The zero-order chi connectivity index (χ0) is 16.6. The molecule has 5 nitrogen and oxygen atoms in total. The first-order valence-corrected chi connectivity index (χ1v) is 7.39. The molecule has 0 aliphatic carbocycles. The monoisotopic (exact) mass is 348 g/mol. The van der Waals surface area contributed by atoms with E-state index in [9.17, 15) is 14.7 Å². The number of pyridine rings is 1. The number of aliphatic hydroxyl groups is 1. The van der Waals surface area contributed by atoms with Crippen LogP contribution in [0, 0.1) is 0 Å². The molecular weight excluding hydrogens is 339 g/mol. The van der Waals surface area contributed by atoms with Gasteiger partial charge in [0.2, 0.25) is 0 Å². The second-order valence-corrected chi connectivity index (χ2v) is 5.71. The normalized spacial score (nSPS) is 14.8. The van der Waals surface area contributed by atoms with Crippen molar-refractivity contribution in [2.24, 2.45) is 0 Å². The minimum atomic E-state index is -0.776. The molecular formula is C16H10Cl2N2O3. The molecule has 2 aromatic rings. The van der Waals surface area contributed by atoms with Gasteiger partial charge in [-0.1, -0.05) is 35.3 Å². The van der Waals surface area contributed by atoms with Crippen LogP contribution in [0.5, 0.6) is 0 Å². The number of aromatic nitrogens is 1. The Labute approximate surface area is 141 Å². The van der Waals surface area contributed by atoms with Crippen LogP contribution in [0.25, 0.3) is 5.57 Å². The number of hydrogen-bond donors (Lipinski definition) is 1. The highest BCUT2D eigenvalue weighted by Crippen LogP contribution is 2.34. The van der Waals surface area contributed by atoms with Crippen molar-refractivity contribution in [3.8, 4) is 0 Å². The highest BCUT2D eigenvalue weighted by Gasteiger charge is 2.40. The van der Waals surface area contributed by atoms with Crippen molar-refractivity contribution in [1.82, 2.24) is 9.88 Å². The summed E-state index contributed by atoms with van der Waals surface area (Å²) in [7, 11) is 0. The standard InChI is InChI=1S/C16H10Cl2N2O3/c17-9-4-5-11(12(18)7-9)13-14(21)16(23)20(15(13)22)8-10-3-1-2-6-19-10/h1-7,21H,8H2. The summed E-state index contributed by atoms with van der Waals surface area (Å²) in [5, 5.41) is 10.6. The van der Waals surface area contributed by atoms with Gasteiger partial charge in [-0.15, -0.1) is 0 Å². The van der Waals surface area contributed by atoms with Gasteiger partial charge in [0, 0.05) is 16.8 Å². The highest BCUT2D eigenvalue weighted by atomic mass is 35.5. The predicted molar refractivity (Wildman–Crippen MR) is 85.8 cm³/mol. The molecule has 2 amide bonds. The van der Waals surface area contributed by atoms with Gasteiger partial charge in [0.1, 0.15) is 0 Å². The van der Waals surface area contributed by atoms with Gasteiger partial charge in [0.05, 0.1) is 22.8 Å². The SMILES string of the molecule is O=C1C(O)=C(c2ccc(Cl)cc2Cl)C(=O)N1Cc1ccccn1. The van der Waals surface area contributed by atoms with Crippen LogP contribution < -0.4 is 0 Å². The number of aliphatic hydroxyl groups excluding tert-OH is 1. The van der Waals surface area contributed by atoms with Gasteiger partial charge in [-0.2, -0.15) is 0 Å². The zero-order valence-electron chi connectivity index (χ0n) is 11.7. The van der Waals surface area contributed by atoms with Crippen molar-refractivity contribution in [3.05, 3.63) is 69.7 Å². The minimum absolute atomic E-state index is 0.0305. The number of imide groups is 1. The molecule has 1 aromatic carbocycles. The minimum Gasteiger partial charge on any atom is -0.502 e. The smallest absolute Gasteiger partial charge is 0.296 e. The lowest BCUT2D eigenvalue weighted by Gasteiger charge is -2.14. The Morgan fingerprint density at radius 2 is 1.87 bits per heavy atom. The number of carbonyl (C=O) groups excluding carboxylic acids is 2. The van der Waals surface area contributed by atoms with E-state index in [1.807, 2.05) is 0 Å². The highest BCUT2D eigenvalue weighted by molar-refractivity contribution is 6.40. The fourth-order valence-electron chi connectivity index (χ4n) is 2.30. The average molecular weight is 349 g/mol. The largest absolute Gasteiger partial charge is 0.502 e. The molecule has 0 atom stereocenters. The van der Waals surface area contributed by atoms with E-state index in [1.54, 1.807) is 24.4 Å². The Balaban J connectivity index is 1.96. The molecule has 0 saturated heterocycles. The zero-order valence-corrected chi connectivity index (χ0v) is 13.2. The van der Waals surface area contributed by atoms with Crippen molar-refractivity contribution in [2.75, 3.05) is 0 Å². The predicted octanol–water partition coefficient (Wildman–Crippen LogP) is 3.23. The number of nitrogens with zero attached hydrogens (tertiary/aromatic N) is 2. The van der Waals surface area contributed by atoms with Crippen LogP contribution in [0.4, 0.5) is 0 Å². The van der Waals surface area contributed by atoms with Crippen molar-refractivity contribution in [3.63, 3.8) is 0 Å². The lowest BCUT2D eigenvalue weighted by atomic mass is 10.1. The van der Waals surface area contributed by atoms with E-state index in [0.29, 0.717) is 10.7 Å². The Hall–Kier alpha value is -2.37. The molecule has 1 aliphatic heterocycles. The van der Waals surface area contributed by atoms with Crippen LogP contribution in [-0.4, -0.2) is 26.8 Å². The van der Waals surface area contributed by atoms with Gasteiger partial charge < -0.3 is 5.11 Å². The van der Waals surface area contributed by atoms with Crippen molar-refractivity contribution in [1.29, 1.82) is 0 Å². The quantitative estimate of drug-likeness (QED) is 0.864. The first kappa shape index (κ1) is 15.5. The maximum Gasteiger partial charge on any atom is 0.296 e. The third kappa shape index (κ3) is 2.81. The number of hydrogen-bond acceptors (Lipinski definition) is 4. The van der Waals surface area contributed by atoms with Gasteiger partial charge in [-0.3, -0.25) is 19.5 Å². The third-order valence-corrected chi connectivity index (χ3v) is 3.94. The Kier molecular flexibility index (Phi) is 4.07. The number of benzene rings is 1. The van der Waals surface area contributed by atoms with Crippen molar-refractivity contribution in [2.45, 2.75) is 6.54 Å². The van der Waals surface area contributed by atoms with E-state index in [0.717, 1.165) is 4.90 Å². The summed E-state index contributed by atoms with van der Waals surface area (Å²) in [6, 6.07) is 9.63. The molecule has 2 heterocycles. The molecule has 0 fully saturated rings. The average Bonchev–Trinajstić information content (AvgIpc) is 2.73. The summed E-state index contributed by atoms with van der Waals surface area (Å²) in [6.45, 7) is -0.0305. The van der Waals surface area contributed by atoms with E-state index in [2.05, 4.69) is 4.98 Å². The summed E-state index contributed by atoms with van der Waals surface area (Å²) in [5.74, 6) is -2.03. The number of rotatable bonds is 3. The maximum absolute atomic E-state index is 12.5. The lowest BCUT2D eigenvalue weighted by molar-refractivity contribution is -0.138. The van der Waals surface area contributed by atoms with Gasteiger partial charge in [0.15, 0.2) is 5.76 Å². The van der Waals surface area contributed by atoms with E-state index < -0.39 is 17.6 Å². The molecule has 0 unspecified atom stereocenters. The Morgan fingerprint density at radius 1 is 1.09 bits per heavy atom. The van der Waals surface area contributed by atoms with Crippen LogP contribution in [0.1, 0.15) is 11.3 Å². The third-order valence-electron chi connectivity index (χ3n) is 3.39. The summed E-state index contributed by atoms with van der Waals surface area (Å²) in [6.07, 6.45) is 1.56. The van der Waals surface area contributed by atoms with E-state index in [4.69, 9.17) is 23.2 Å². The number of amides is 2. The van der Waals surface area contributed by atoms with Gasteiger partial charge in [0.25, 0.3) is 11.8 Å². The van der Waals surface area contributed by atoms with Gasteiger partial charge in [-0.05, 0) is 24.3 Å². The Morgan fingerprint density at radius 3 is 2.52 bits per heavy atom. The maximum atomic E-state index is 12.5. The van der Waals surface area contributed by atoms with E-state index in [-0.39, 0.29) is 22.7 Å². The van der Waals surface area contributed by atoms with E-state index >= 15 is 0 Å². The molecule has 23 heavy (non-hydrogen) atoms. The molecule has 7 heteroatoms. The fraction of sp³-hybridized carbons (Fsp3) is 0.0625. The Bertz CT molecular complexity index is 834. The summed E-state index contributed by atoms with van der Waals surface area (Å²) >= 11 is 11.9. The van der Waals surface area contributed by atoms with Crippen LogP contribution in [0.3, 0.4) is 0 Å². The van der Waals surface area contributed by atoms with E-state index in [1.165, 1.54) is 18.2 Å². The molecule has 0 spiro atoms. The summed E-state index contributed by atoms with van der Waals surface area (Å²) in [5.41, 5.74) is 0.661. The van der Waals surface area contributed by atoms with Crippen molar-refractivity contribution < 1.29 is 14.7 Å². The lowest BCUT2D eigenvalue weighted by Crippen LogP contribution is -2.31. The van der Waals surface area contributed by atoms with Gasteiger partial charge >= 0.3 is 0 Å². The van der Waals surface area contributed by atoms with Gasteiger partial charge in [-0.25, -0.2) is 0 Å². The molecule has 0 saturated carbocycles. The number of halogens is 2. The molecule has 0 radical (unpaired) electrons. The topological polar surface area (TPSA) is 70.5 Å². The molecule has 1 N–H and O–H groups in total. The molecule has 116 valence electrons. The summed E-state index contributed by atoms with van der Waals surface area (Å²) < 4.78 is 0. The molecule has 0 bridgehead atoms. The molecule has 3 rings (SSSR count). The summed E-state index contributed by atoms with van der Waals surface area (Å²) in [4.78, 5) is 29.7. The van der Waals surface area contributed by atoms with Crippen molar-refractivity contribution >= 4 is 40.6 Å². The van der Waals surface area contributed by atoms with Crippen LogP contribution >= 0.6 is 23.2 Å². The first-order chi connectivity index (χ1) is 11.0. The first-order valence-electron chi connectivity index (χ1n) is 6.64. The molecule has 1 aromatic heterocycles. The van der Waals surface area contributed by atoms with Crippen LogP contribution in [-0.2, 0) is 16.1 Å². The fourth-order valence-corrected chi connectivity index (χ4v) is 2.80.